The van der Waals surface area contributed by atoms with Gasteiger partial charge in [-0.05, 0) is 58.5 Å². The summed E-state index contributed by atoms with van der Waals surface area (Å²) >= 11 is 18.3. The topological polar surface area (TPSA) is 62.8 Å². The molecule has 154 valence electrons. The highest BCUT2D eigenvalue weighted by atomic mass is 79.9. The van der Waals surface area contributed by atoms with E-state index in [1.54, 1.807) is 18.2 Å². The van der Waals surface area contributed by atoms with Gasteiger partial charge < -0.3 is 19.7 Å². The number of carbonyl (C=O) groups excluding carboxylic acids is 1. The van der Waals surface area contributed by atoms with Crippen molar-refractivity contribution in [3.8, 4) is 5.75 Å². The quantitative estimate of drug-likeness (QED) is 0.520. The van der Waals surface area contributed by atoms with E-state index in [4.69, 9.17) is 33.3 Å². The summed E-state index contributed by atoms with van der Waals surface area (Å²) in [6.45, 7) is 2.83. The van der Waals surface area contributed by atoms with E-state index in [-0.39, 0.29) is 5.11 Å². The summed E-state index contributed by atoms with van der Waals surface area (Å²) in [6.07, 6.45) is 0. The highest BCUT2D eigenvalue weighted by Crippen LogP contribution is 2.33. The average molecular weight is 564 g/mol. The Kier molecular flexibility index (Phi) is 7.75. The van der Waals surface area contributed by atoms with E-state index < -0.39 is 5.91 Å². The molecule has 0 spiro atoms. The number of morpholine rings is 1. The van der Waals surface area contributed by atoms with Gasteiger partial charge in [-0.15, -0.1) is 0 Å². The van der Waals surface area contributed by atoms with Gasteiger partial charge in [-0.3, -0.25) is 10.1 Å². The molecule has 1 aliphatic heterocycles. The molecule has 2 aromatic rings. The van der Waals surface area contributed by atoms with Crippen molar-refractivity contribution in [1.29, 1.82) is 0 Å². The zero-order valence-electron chi connectivity index (χ0n) is 15.4. The van der Waals surface area contributed by atoms with Crippen LogP contribution in [0.15, 0.2) is 39.3 Å². The number of nitrogens with zero attached hydrogens (tertiary/aromatic N) is 1. The molecule has 3 rings (SSSR count). The lowest BCUT2D eigenvalue weighted by molar-refractivity contribution is 0.0974. The van der Waals surface area contributed by atoms with Gasteiger partial charge in [-0.2, -0.15) is 0 Å². The number of amides is 1. The predicted octanol–water partition coefficient (Wildman–Crippen LogP) is 4.84. The lowest BCUT2D eigenvalue weighted by Crippen LogP contribution is -2.38. The second-order valence-electron chi connectivity index (χ2n) is 6.14. The maximum Gasteiger partial charge on any atom is 0.261 e. The van der Waals surface area contributed by atoms with Gasteiger partial charge in [0.1, 0.15) is 5.75 Å². The summed E-state index contributed by atoms with van der Waals surface area (Å²) in [6, 6.07) is 8.99. The van der Waals surface area contributed by atoms with Gasteiger partial charge in [0.25, 0.3) is 5.91 Å². The molecule has 0 bridgehead atoms. The van der Waals surface area contributed by atoms with Crippen molar-refractivity contribution in [2.45, 2.75) is 0 Å². The lowest BCUT2D eigenvalue weighted by atomic mass is 10.2. The number of rotatable bonds is 4. The maximum atomic E-state index is 12.8. The number of hydrogen-bond donors (Lipinski definition) is 2. The second kappa shape index (κ2) is 10.1. The van der Waals surface area contributed by atoms with Crippen molar-refractivity contribution in [2.75, 3.05) is 43.6 Å². The van der Waals surface area contributed by atoms with E-state index in [0.29, 0.717) is 39.7 Å². The summed E-state index contributed by atoms with van der Waals surface area (Å²) in [4.78, 5) is 15.0. The highest BCUT2D eigenvalue weighted by molar-refractivity contribution is 9.11. The maximum absolute atomic E-state index is 12.8. The number of hydrogen-bond acceptors (Lipinski definition) is 5. The molecule has 0 aliphatic carbocycles. The fourth-order valence-corrected chi connectivity index (χ4v) is 4.71. The Morgan fingerprint density at radius 3 is 2.66 bits per heavy atom. The highest BCUT2D eigenvalue weighted by Gasteiger charge is 2.19. The van der Waals surface area contributed by atoms with Gasteiger partial charge >= 0.3 is 0 Å². The van der Waals surface area contributed by atoms with Crippen LogP contribution >= 0.6 is 55.7 Å². The Morgan fingerprint density at radius 1 is 1.24 bits per heavy atom. The van der Waals surface area contributed by atoms with E-state index in [1.165, 1.54) is 7.11 Å². The third-order valence-corrected chi connectivity index (χ3v) is 5.73. The molecule has 2 N–H and O–H groups in total. The first-order valence-electron chi connectivity index (χ1n) is 8.66. The summed E-state index contributed by atoms with van der Waals surface area (Å²) in [5, 5.41) is 6.50. The summed E-state index contributed by atoms with van der Waals surface area (Å²) in [7, 11) is 1.50. The molecule has 1 amide bonds. The number of methoxy groups -OCH3 is 1. The number of benzene rings is 2. The second-order valence-corrected chi connectivity index (χ2v) is 8.75. The number of halogens is 3. The molecule has 2 aromatic carbocycles. The molecule has 1 aliphatic rings. The number of nitrogens with one attached hydrogen (secondary N) is 2. The average Bonchev–Trinajstić information content (AvgIpc) is 2.68. The smallest absolute Gasteiger partial charge is 0.261 e. The molecule has 10 heteroatoms. The Hall–Kier alpha value is -1.39. The Labute approximate surface area is 196 Å². The van der Waals surface area contributed by atoms with Crippen LogP contribution in [0.5, 0.6) is 5.75 Å². The van der Waals surface area contributed by atoms with Gasteiger partial charge in [-0.1, -0.05) is 27.5 Å². The monoisotopic (exact) mass is 561 g/mol. The fourth-order valence-electron chi connectivity index (χ4n) is 2.95. The summed E-state index contributed by atoms with van der Waals surface area (Å²) < 4.78 is 12.1. The number of thiocarbonyl (C=S) groups is 1. The largest absolute Gasteiger partial charge is 0.495 e. The van der Waals surface area contributed by atoms with Crippen LogP contribution in [0.3, 0.4) is 0 Å². The van der Waals surface area contributed by atoms with Crippen LogP contribution in [0.25, 0.3) is 0 Å². The predicted molar refractivity (Wildman–Crippen MR) is 127 cm³/mol. The van der Waals surface area contributed by atoms with Crippen LogP contribution in [-0.2, 0) is 4.74 Å². The summed E-state index contributed by atoms with van der Waals surface area (Å²) in [5.41, 5.74) is 2.00. The molecule has 0 atom stereocenters. The zero-order valence-corrected chi connectivity index (χ0v) is 20.2. The molecule has 29 heavy (non-hydrogen) atoms. The van der Waals surface area contributed by atoms with Gasteiger partial charge in [0.2, 0.25) is 0 Å². The molecular formula is C19H18Br2ClN3O3S. The normalized spacial score (nSPS) is 13.7. The van der Waals surface area contributed by atoms with Gasteiger partial charge in [0, 0.05) is 22.6 Å². The van der Waals surface area contributed by atoms with Gasteiger partial charge in [0.05, 0.1) is 41.7 Å². The zero-order chi connectivity index (χ0) is 21.0. The molecule has 6 nitrogen and oxygen atoms in total. The minimum atomic E-state index is -0.392. The first-order chi connectivity index (χ1) is 13.9. The minimum Gasteiger partial charge on any atom is -0.495 e. The molecule has 0 saturated carbocycles. The van der Waals surface area contributed by atoms with Crippen molar-refractivity contribution >= 4 is 78.1 Å². The third-order valence-electron chi connectivity index (χ3n) is 4.24. The van der Waals surface area contributed by atoms with E-state index >= 15 is 0 Å². The molecule has 0 aromatic heterocycles. The lowest BCUT2D eigenvalue weighted by Gasteiger charge is -2.30. The van der Waals surface area contributed by atoms with Crippen LogP contribution in [-0.4, -0.2) is 44.4 Å². The van der Waals surface area contributed by atoms with Crippen LogP contribution in [0.2, 0.25) is 5.02 Å². The van der Waals surface area contributed by atoms with E-state index in [0.717, 1.165) is 23.2 Å². The van der Waals surface area contributed by atoms with Gasteiger partial charge in [0.15, 0.2) is 5.11 Å². The van der Waals surface area contributed by atoms with Crippen molar-refractivity contribution in [3.63, 3.8) is 0 Å². The van der Waals surface area contributed by atoms with Crippen LogP contribution in [0.1, 0.15) is 10.4 Å². The first kappa shape index (κ1) is 22.3. The molecular weight excluding hydrogens is 546 g/mol. The van der Waals surface area contributed by atoms with Crippen LogP contribution < -0.4 is 20.3 Å². The standard InChI is InChI=1S/C19H18Br2ClN3O3S/c1-27-17-13(8-11(20)9-14(17)21)18(26)24-19(29)23-15-10-12(22)2-3-16(15)25-4-6-28-7-5-25/h2-3,8-10H,4-7H2,1H3,(H2,23,24,26,29). The Morgan fingerprint density at radius 2 is 1.97 bits per heavy atom. The first-order valence-corrected chi connectivity index (χ1v) is 11.0. The summed E-state index contributed by atoms with van der Waals surface area (Å²) in [5.74, 6) is 0.0292. The third kappa shape index (κ3) is 5.61. The van der Waals surface area contributed by atoms with Crippen molar-refractivity contribution < 1.29 is 14.3 Å². The van der Waals surface area contributed by atoms with E-state index in [9.17, 15) is 4.79 Å². The number of anilines is 2. The van der Waals surface area contributed by atoms with Crippen molar-refractivity contribution in [1.82, 2.24) is 5.32 Å². The number of ether oxygens (including phenoxy) is 2. The van der Waals surface area contributed by atoms with Crippen molar-refractivity contribution in [3.05, 3.63) is 49.9 Å². The Bertz CT molecular complexity index is 939. The van der Waals surface area contributed by atoms with E-state index in [1.807, 2.05) is 12.1 Å². The number of carbonyl (C=O) groups is 1. The molecule has 1 heterocycles. The SMILES string of the molecule is COc1c(Br)cc(Br)cc1C(=O)NC(=S)Nc1cc(Cl)ccc1N1CCOCC1. The molecule has 1 fully saturated rings. The van der Waals surface area contributed by atoms with Crippen molar-refractivity contribution in [2.24, 2.45) is 0 Å². The minimum absolute atomic E-state index is 0.157. The van der Waals surface area contributed by atoms with E-state index in [2.05, 4.69) is 47.4 Å². The van der Waals surface area contributed by atoms with Crippen LogP contribution in [0.4, 0.5) is 11.4 Å². The van der Waals surface area contributed by atoms with Crippen LogP contribution in [0, 0.1) is 0 Å². The molecule has 1 saturated heterocycles. The molecule has 0 unspecified atom stereocenters. The fraction of sp³-hybridized carbons (Fsp3) is 0.263. The van der Waals surface area contributed by atoms with Gasteiger partial charge in [-0.25, -0.2) is 0 Å². The molecule has 0 radical (unpaired) electrons. The Balaban J connectivity index is 1.78.